The Morgan fingerprint density at radius 2 is 1.40 bits per heavy atom. The van der Waals surface area contributed by atoms with E-state index in [0.29, 0.717) is 35.0 Å². The van der Waals surface area contributed by atoms with Gasteiger partial charge in [-0.15, -0.1) is 0 Å². The minimum absolute atomic E-state index is 0.0359. The number of anilines is 3. The topological polar surface area (TPSA) is 23.5 Å². The summed E-state index contributed by atoms with van der Waals surface area (Å²) >= 11 is 0. The Kier molecular flexibility index (Phi) is 9.79. The van der Waals surface area contributed by atoms with Crippen molar-refractivity contribution in [1.29, 1.82) is 0 Å². The largest absolute Gasteiger partial charge is 0.455 e. The van der Waals surface area contributed by atoms with Crippen LogP contribution in [0.1, 0.15) is 72.6 Å². The highest BCUT2D eigenvalue weighted by atomic mass is 28.3. The van der Waals surface area contributed by atoms with Gasteiger partial charge in [0.1, 0.15) is 29.0 Å². The zero-order valence-electron chi connectivity index (χ0n) is 39.2. The molecule has 0 N–H and O–H groups in total. The van der Waals surface area contributed by atoms with E-state index in [4.69, 9.17) is 11.0 Å². The van der Waals surface area contributed by atoms with Crippen LogP contribution < -0.4 is 19.6 Å². The van der Waals surface area contributed by atoms with Gasteiger partial charge < -0.3 is 14.2 Å². The van der Waals surface area contributed by atoms with Gasteiger partial charge in [0.15, 0.2) is 12.2 Å². The Balaban J connectivity index is 1.12. The summed E-state index contributed by atoms with van der Waals surface area (Å²) in [6.07, 6.45) is 3.92. The fourth-order valence-electron chi connectivity index (χ4n) is 11.7. The van der Waals surface area contributed by atoms with E-state index in [1.807, 2.05) is 54.6 Å². The zero-order valence-corrected chi connectivity index (χ0v) is 40.2. The average molecular weight is 911 g/mol. The van der Waals surface area contributed by atoms with Crippen LogP contribution in [0.5, 0.6) is 0 Å². The summed E-state index contributed by atoms with van der Waals surface area (Å²) < 4.78 is 43.3. The number of hydrogen-bond acceptors (Lipinski definition) is 3. The minimum Gasteiger partial charge on any atom is -0.455 e. The molecule has 7 heteroatoms. The fraction of sp³-hybridized carbons (Fsp3) is 0.197. The molecule has 4 nitrogen and oxygen atoms in total. The van der Waals surface area contributed by atoms with Gasteiger partial charge in [-0.25, -0.2) is 8.78 Å². The molecule has 7 aromatic carbocycles. The second kappa shape index (κ2) is 15.7. The monoisotopic (exact) mass is 910 g/mol. The van der Waals surface area contributed by atoms with E-state index in [0.717, 1.165) is 56.8 Å². The van der Waals surface area contributed by atoms with Crippen molar-refractivity contribution in [2.45, 2.75) is 76.3 Å². The quantitative estimate of drug-likeness (QED) is 0.127. The van der Waals surface area contributed by atoms with Crippen LogP contribution in [0, 0.1) is 11.6 Å². The number of pyridine rings is 1. The Morgan fingerprint density at radius 1 is 0.691 bits per heavy atom. The lowest BCUT2D eigenvalue weighted by molar-refractivity contribution is -0.717. The molecule has 68 heavy (non-hydrogen) atoms. The van der Waals surface area contributed by atoms with E-state index < -0.39 is 14.2 Å². The summed E-state index contributed by atoms with van der Waals surface area (Å²) in [7, 11) is -1.71. The molecule has 2 aromatic heterocycles. The smallest absolute Gasteiger partial charge is 0.213 e. The van der Waals surface area contributed by atoms with Gasteiger partial charge in [-0.3, -0.25) is 0 Å². The molecule has 3 aliphatic rings. The summed E-state index contributed by atoms with van der Waals surface area (Å²) in [6.45, 7) is 16.7. The molecular formula is C61H54F2N3OSi+. The standard InChI is InChI=1S/C61H54F2N3OSi/c1-38-33-55-47(45-21-13-14-22-46(45)52-32-28-44(37-64(52)55)68(4,5)6)29-25-40-34-51(63)58-48-30-26-42(61(2,3)41-19-11-8-12-20-41)35-56(48)67-59(58)57(40)60-65(38)53-23-15-16-24-54(53)66(60)43-27-31-50(62)49(36-43)39-17-9-7-10-18-39/h7-24,26-28,30-32,34-37,47,55,60H,1,25,29,33H2,2-6H3/q+1. The van der Waals surface area contributed by atoms with Crippen molar-refractivity contribution in [2.24, 2.45) is 0 Å². The number of halogens is 2. The molecule has 0 saturated carbocycles. The molecule has 0 aliphatic carbocycles. The third-order valence-electron chi connectivity index (χ3n) is 15.3. The second-order valence-corrected chi connectivity index (χ2v) is 25.7. The highest BCUT2D eigenvalue weighted by Crippen LogP contribution is 2.57. The Morgan fingerprint density at radius 3 is 2.16 bits per heavy atom. The summed E-state index contributed by atoms with van der Waals surface area (Å²) in [6, 6.07) is 55.7. The van der Waals surface area contributed by atoms with Crippen LogP contribution in [-0.2, 0) is 11.8 Å². The van der Waals surface area contributed by atoms with Crippen molar-refractivity contribution in [3.8, 4) is 22.4 Å². The van der Waals surface area contributed by atoms with Crippen LogP contribution in [0.25, 0.3) is 44.3 Å². The first-order valence-electron chi connectivity index (χ1n) is 24.0. The van der Waals surface area contributed by atoms with Gasteiger partial charge in [-0.1, -0.05) is 149 Å². The van der Waals surface area contributed by atoms with Crippen molar-refractivity contribution in [1.82, 2.24) is 0 Å². The lowest BCUT2D eigenvalue weighted by atomic mass is 9.77. The average Bonchev–Trinajstić information content (AvgIpc) is 3.90. The van der Waals surface area contributed by atoms with Gasteiger partial charge >= 0.3 is 0 Å². The van der Waals surface area contributed by atoms with Gasteiger partial charge in [-0.2, -0.15) is 4.57 Å². The van der Waals surface area contributed by atoms with Crippen LogP contribution in [0.3, 0.4) is 0 Å². The van der Waals surface area contributed by atoms with E-state index >= 15 is 8.78 Å². The molecule has 0 bridgehead atoms. The number of rotatable bonds is 5. The van der Waals surface area contributed by atoms with Gasteiger partial charge in [0.2, 0.25) is 5.69 Å². The number of para-hydroxylation sites is 2. The predicted octanol–water partition coefficient (Wildman–Crippen LogP) is 15.2. The van der Waals surface area contributed by atoms with Gasteiger partial charge in [-0.05, 0) is 89.2 Å². The van der Waals surface area contributed by atoms with Crippen molar-refractivity contribution in [2.75, 3.05) is 9.80 Å². The first-order valence-corrected chi connectivity index (χ1v) is 27.5. The first kappa shape index (κ1) is 42.3. The lowest BCUT2D eigenvalue weighted by Crippen LogP contribution is -2.53. The third-order valence-corrected chi connectivity index (χ3v) is 17.3. The molecular weight excluding hydrogens is 857 g/mol. The predicted molar refractivity (Wildman–Crippen MR) is 277 cm³/mol. The van der Waals surface area contributed by atoms with Gasteiger partial charge in [0.05, 0.1) is 31.3 Å². The van der Waals surface area contributed by atoms with Crippen molar-refractivity contribution in [3.63, 3.8) is 0 Å². The first-order chi connectivity index (χ1) is 32.9. The van der Waals surface area contributed by atoms with Crippen LogP contribution in [-0.4, -0.2) is 8.07 Å². The SMILES string of the molecule is C=C1CC2C(CCc3cc(F)c4c(oc5cc(C(C)(C)c6ccccc6)ccc54)c3C3N1c1ccccc1N3c1ccc(F)c(-c3ccccc3)c1)c1ccccc1-c1ccc([Si](C)(C)C)c[n+]12. The number of hydrogen-bond donors (Lipinski definition) is 0. The molecule has 12 rings (SSSR count). The number of allylic oxidation sites excluding steroid dienone is 1. The molecule has 0 radical (unpaired) electrons. The number of furan rings is 1. The van der Waals surface area contributed by atoms with E-state index in [9.17, 15) is 0 Å². The zero-order chi connectivity index (χ0) is 46.6. The van der Waals surface area contributed by atoms with Crippen LogP contribution in [0.4, 0.5) is 25.8 Å². The maximum Gasteiger partial charge on any atom is 0.213 e. The van der Waals surface area contributed by atoms with Crippen LogP contribution in [0.15, 0.2) is 187 Å². The molecule has 9 aromatic rings. The Bertz CT molecular complexity index is 3480. The summed E-state index contributed by atoms with van der Waals surface area (Å²) in [5, 5.41) is 2.60. The normalized spacial score (nSPS) is 17.9. The van der Waals surface area contributed by atoms with Crippen LogP contribution >= 0.6 is 0 Å². The molecule has 3 aliphatic heterocycles. The summed E-state index contributed by atoms with van der Waals surface area (Å²) in [5.74, 6) is -0.489. The van der Waals surface area contributed by atoms with Crippen molar-refractivity contribution < 1.29 is 17.8 Å². The molecule has 336 valence electrons. The van der Waals surface area contributed by atoms with E-state index in [1.54, 1.807) is 12.1 Å². The van der Waals surface area contributed by atoms with Crippen molar-refractivity contribution >= 4 is 52.3 Å². The Hall–Kier alpha value is -7.09. The minimum atomic E-state index is -1.71. The molecule has 0 amide bonds. The van der Waals surface area contributed by atoms with E-state index in [1.165, 1.54) is 27.6 Å². The van der Waals surface area contributed by atoms with Gasteiger partial charge in [0.25, 0.3) is 0 Å². The molecule has 0 saturated heterocycles. The molecule has 3 unspecified atom stereocenters. The number of nitrogens with zero attached hydrogens (tertiary/aromatic N) is 3. The maximum atomic E-state index is 17.5. The van der Waals surface area contributed by atoms with Crippen LogP contribution in [0.2, 0.25) is 19.6 Å². The van der Waals surface area contributed by atoms with Gasteiger partial charge in [0, 0.05) is 56.0 Å². The van der Waals surface area contributed by atoms with Crippen molar-refractivity contribution in [3.05, 3.63) is 222 Å². The Labute approximate surface area is 398 Å². The summed E-state index contributed by atoms with van der Waals surface area (Å²) in [4.78, 5) is 4.68. The molecule has 3 atom stereocenters. The number of fused-ring (bicyclic) bond motifs is 15. The maximum absolute atomic E-state index is 17.5. The third kappa shape index (κ3) is 6.61. The molecule has 5 heterocycles. The number of aryl methyl sites for hydroxylation is 1. The van der Waals surface area contributed by atoms with E-state index in [-0.39, 0.29) is 29.0 Å². The van der Waals surface area contributed by atoms with E-state index in [2.05, 4.69) is 151 Å². The highest BCUT2D eigenvalue weighted by Gasteiger charge is 2.47. The second-order valence-electron chi connectivity index (χ2n) is 20.6. The fourth-order valence-corrected chi connectivity index (χ4v) is 12.8. The highest BCUT2D eigenvalue weighted by molar-refractivity contribution is 6.88. The lowest BCUT2D eigenvalue weighted by Gasteiger charge is -2.39. The number of aromatic nitrogens is 1. The number of benzene rings is 7. The molecule has 0 spiro atoms. The molecule has 0 fully saturated rings. The summed E-state index contributed by atoms with van der Waals surface area (Å²) in [5.41, 5.74) is 13.6.